The molecule has 2 N–H and O–H groups in total. The van der Waals surface area contributed by atoms with Crippen molar-refractivity contribution in [3.05, 3.63) is 60.2 Å². The molecule has 26 heavy (non-hydrogen) atoms. The zero-order valence-corrected chi connectivity index (χ0v) is 15.0. The van der Waals surface area contributed by atoms with Gasteiger partial charge in [0.25, 0.3) is 5.91 Å². The van der Waals surface area contributed by atoms with Crippen molar-refractivity contribution < 1.29 is 14.4 Å². The van der Waals surface area contributed by atoms with Gasteiger partial charge in [0.2, 0.25) is 11.8 Å². The zero-order chi connectivity index (χ0) is 18.9. The fraction of sp³-hybridized carbons (Fsp3) is 0.250. The maximum absolute atomic E-state index is 12.1. The highest BCUT2D eigenvalue weighted by molar-refractivity contribution is 5.96. The number of hydrogen-bond donors (Lipinski definition) is 2. The first-order chi connectivity index (χ1) is 12.5. The maximum Gasteiger partial charge on any atom is 0.251 e. The monoisotopic (exact) mass is 353 g/mol. The van der Waals surface area contributed by atoms with E-state index in [4.69, 9.17) is 0 Å². The molecule has 2 aromatic rings. The van der Waals surface area contributed by atoms with Crippen molar-refractivity contribution in [1.29, 1.82) is 0 Å². The van der Waals surface area contributed by atoms with E-state index < -0.39 is 0 Å². The van der Waals surface area contributed by atoms with Gasteiger partial charge in [0.1, 0.15) is 0 Å². The summed E-state index contributed by atoms with van der Waals surface area (Å²) in [6.45, 7) is 0.118. The van der Waals surface area contributed by atoms with E-state index in [1.54, 1.807) is 26.2 Å². The second kappa shape index (κ2) is 9.36. The van der Waals surface area contributed by atoms with Crippen LogP contribution < -0.4 is 10.6 Å². The first-order valence-corrected chi connectivity index (χ1v) is 8.38. The predicted molar refractivity (Wildman–Crippen MR) is 101 cm³/mol. The molecule has 3 amide bonds. The van der Waals surface area contributed by atoms with E-state index in [9.17, 15) is 14.4 Å². The number of nitrogens with zero attached hydrogens (tertiary/aromatic N) is 1. The summed E-state index contributed by atoms with van der Waals surface area (Å²) in [6, 6.07) is 17.1. The van der Waals surface area contributed by atoms with E-state index in [1.165, 1.54) is 4.90 Å². The summed E-state index contributed by atoms with van der Waals surface area (Å²) in [7, 11) is 3.32. The van der Waals surface area contributed by atoms with E-state index in [0.29, 0.717) is 5.56 Å². The average Bonchev–Trinajstić information content (AvgIpc) is 2.66. The SMILES string of the molecule is CN(C)C(=O)CCNC(=O)CNC(=O)c1ccc(-c2ccccc2)cc1. The van der Waals surface area contributed by atoms with Gasteiger partial charge in [-0.3, -0.25) is 14.4 Å². The second-order valence-corrected chi connectivity index (χ2v) is 6.01. The van der Waals surface area contributed by atoms with Crippen molar-refractivity contribution in [2.24, 2.45) is 0 Å². The molecular weight excluding hydrogens is 330 g/mol. The molecule has 0 spiro atoms. The van der Waals surface area contributed by atoms with Gasteiger partial charge in [0.05, 0.1) is 6.54 Å². The molecule has 2 rings (SSSR count). The second-order valence-electron chi connectivity index (χ2n) is 6.01. The summed E-state index contributed by atoms with van der Waals surface area (Å²) in [4.78, 5) is 36.7. The van der Waals surface area contributed by atoms with Gasteiger partial charge in [0, 0.05) is 32.6 Å². The summed E-state index contributed by atoms with van der Waals surface area (Å²) in [6.07, 6.45) is 0.230. The molecule has 0 radical (unpaired) electrons. The molecule has 0 bridgehead atoms. The number of benzene rings is 2. The highest BCUT2D eigenvalue weighted by Gasteiger charge is 2.09. The van der Waals surface area contributed by atoms with Gasteiger partial charge < -0.3 is 15.5 Å². The summed E-state index contributed by atoms with van der Waals surface area (Å²) >= 11 is 0. The minimum atomic E-state index is -0.328. The van der Waals surface area contributed by atoms with Crippen LogP contribution in [0, 0.1) is 0 Å². The van der Waals surface area contributed by atoms with E-state index >= 15 is 0 Å². The highest BCUT2D eigenvalue weighted by atomic mass is 16.2. The minimum absolute atomic E-state index is 0.0622. The quantitative estimate of drug-likeness (QED) is 0.795. The molecule has 0 heterocycles. The maximum atomic E-state index is 12.1. The Kier molecular flexibility index (Phi) is 6.91. The first kappa shape index (κ1) is 19.2. The van der Waals surface area contributed by atoms with Crippen molar-refractivity contribution in [3.63, 3.8) is 0 Å². The fourth-order valence-electron chi connectivity index (χ4n) is 2.30. The third kappa shape index (κ3) is 5.73. The lowest BCUT2D eigenvalue weighted by Gasteiger charge is -2.11. The third-order valence-corrected chi connectivity index (χ3v) is 3.82. The number of amides is 3. The number of nitrogens with one attached hydrogen (secondary N) is 2. The molecule has 0 atom stereocenters. The molecule has 0 fully saturated rings. The first-order valence-electron chi connectivity index (χ1n) is 8.38. The van der Waals surface area contributed by atoms with Crippen molar-refractivity contribution in [1.82, 2.24) is 15.5 Å². The summed E-state index contributed by atoms with van der Waals surface area (Å²) in [5, 5.41) is 5.18. The van der Waals surface area contributed by atoms with Crippen LogP contribution in [0.1, 0.15) is 16.8 Å². The third-order valence-electron chi connectivity index (χ3n) is 3.82. The Morgan fingerprint density at radius 1 is 0.846 bits per heavy atom. The van der Waals surface area contributed by atoms with Gasteiger partial charge in [-0.05, 0) is 23.3 Å². The topological polar surface area (TPSA) is 78.5 Å². The Morgan fingerprint density at radius 3 is 2.08 bits per heavy atom. The molecule has 0 aromatic heterocycles. The lowest BCUT2D eigenvalue weighted by atomic mass is 10.0. The summed E-state index contributed by atoms with van der Waals surface area (Å²) < 4.78 is 0. The molecule has 0 saturated carbocycles. The van der Waals surface area contributed by atoms with Crippen LogP contribution in [0.4, 0.5) is 0 Å². The van der Waals surface area contributed by atoms with Gasteiger partial charge in [-0.2, -0.15) is 0 Å². The number of rotatable bonds is 7. The van der Waals surface area contributed by atoms with Gasteiger partial charge in [-0.15, -0.1) is 0 Å². The van der Waals surface area contributed by atoms with Crippen LogP contribution >= 0.6 is 0 Å². The van der Waals surface area contributed by atoms with Gasteiger partial charge in [-0.1, -0.05) is 42.5 Å². The standard InChI is InChI=1S/C20H23N3O3/c1-23(2)19(25)12-13-21-18(24)14-22-20(26)17-10-8-16(9-11-17)15-6-4-3-5-7-15/h3-11H,12-14H2,1-2H3,(H,21,24)(H,22,26). The molecule has 0 aliphatic carbocycles. The largest absolute Gasteiger partial charge is 0.354 e. The summed E-state index contributed by atoms with van der Waals surface area (Å²) in [5.41, 5.74) is 2.58. The Balaban J connectivity index is 1.79. The number of carbonyl (C=O) groups is 3. The molecule has 6 heteroatoms. The van der Waals surface area contributed by atoms with E-state index in [1.807, 2.05) is 42.5 Å². The van der Waals surface area contributed by atoms with Crippen LogP contribution in [0.25, 0.3) is 11.1 Å². The van der Waals surface area contributed by atoms with Gasteiger partial charge >= 0.3 is 0 Å². The Hall–Kier alpha value is -3.15. The van der Waals surface area contributed by atoms with Crippen LogP contribution in [0.5, 0.6) is 0 Å². The van der Waals surface area contributed by atoms with Crippen LogP contribution in [0.3, 0.4) is 0 Å². The molecule has 0 aliphatic rings. The Labute approximate surface area is 153 Å². The zero-order valence-electron chi connectivity index (χ0n) is 15.0. The van der Waals surface area contributed by atoms with E-state index in [2.05, 4.69) is 10.6 Å². The van der Waals surface area contributed by atoms with Crippen LogP contribution in [0.15, 0.2) is 54.6 Å². The minimum Gasteiger partial charge on any atom is -0.354 e. The van der Waals surface area contributed by atoms with Crippen LogP contribution in [-0.2, 0) is 9.59 Å². The lowest BCUT2D eigenvalue weighted by molar-refractivity contribution is -0.128. The smallest absolute Gasteiger partial charge is 0.251 e. The van der Waals surface area contributed by atoms with Gasteiger partial charge in [-0.25, -0.2) is 0 Å². The van der Waals surface area contributed by atoms with Gasteiger partial charge in [0.15, 0.2) is 0 Å². The molecule has 0 aliphatic heterocycles. The Bertz CT molecular complexity index is 756. The molecule has 6 nitrogen and oxygen atoms in total. The van der Waals surface area contributed by atoms with Crippen molar-refractivity contribution in [3.8, 4) is 11.1 Å². The van der Waals surface area contributed by atoms with E-state index in [0.717, 1.165) is 11.1 Å². The average molecular weight is 353 g/mol. The molecular formula is C20H23N3O3. The number of hydrogen-bond acceptors (Lipinski definition) is 3. The molecule has 0 unspecified atom stereocenters. The highest BCUT2D eigenvalue weighted by Crippen LogP contribution is 2.19. The predicted octanol–water partition coefficient (Wildman–Crippen LogP) is 1.68. The van der Waals surface area contributed by atoms with Crippen molar-refractivity contribution >= 4 is 17.7 Å². The van der Waals surface area contributed by atoms with Crippen molar-refractivity contribution in [2.45, 2.75) is 6.42 Å². The van der Waals surface area contributed by atoms with Crippen molar-refractivity contribution in [2.75, 3.05) is 27.2 Å². The molecule has 136 valence electrons. The lowest BCUT2D eigenvalue weighted by Crippen LogP contribution is -2.38. The normalized spacial score (nSPS) is 10.1. The Morgan fingerprint density at radius 2 is 1.46 bits per heavy atom. The fourth-order valence-corrected chi connectivity index (χ4v) is 2.30. The summed E-state index contributed by atoms with van der Waals surface area (Å²) in [5.74, 6) is -0.706. The number of carbonyl (C=O) groups excluding carboxylic acids is 3. The molecule has 0 saturated heterocycles. The molecule has 2 aromatic carbocycles. The van der Waals surface area contributed by atoms with Crippen LogP contribution in [0.2, 0.25) is 0 Å². The van der Waals surface area contributed by atoms with E-state index in [-0.39, 0.29) is 37.2 Å². The van der Waals surface area contributed by atoms with Crippen LogP contribution in [-0.4, -0.2) is 49.8 Å².